The van der Waals surface area contributed by atoms with Crippen molar-refractivity contribution in [2.75, 3.05) is 6.54 Å². The van der Waals surface area contributed by atoms with Crippen LogP contribution in [-0.2, 0) is 11.8 Å². The lowest BCUT2D eigenvalue weighted by Gasteiger charge is -2.07. The van der Waals surface area contributed by atoms with E-state index in [1.165, 1.54) is 4.68 Å². The van der Waals surface area contributed by atoms with E-state index < -0.39 is 17.9 Å². The molecule has 0 radical (unpaired) electrons. The zero-order chi connectivity index (χ0) is 12.3. The summed E-state index contributed by atoms with van der Waals surface area (Å²) in [5.41, 5.74) is 5.82. The third-order valence-corrected chi connectivity index (χ3v) is 2.04. The van der Waals surface area contributed by atoms with Crippen LogP contribution < -0.4 is 11.1 Å². The van der Waals surface area contributed by atoms with E-state index in [-0.39, 0.29) is 6.54 Å². The monoisotopic (exact) mass is 226 g/mol. The number of nitrogens with two attached hydrogens (primary N) is 1. The van der Waals surface area contributed by atoms with Gasteiger partial charge in [-0.1, -0.05) is 0 Å². The van der Waals surface area contributed by atoms with E-state index in [4.69, 9.17) is 10.8 Å². The highest BCUT2D eigenvalue weighted by Crippen LogP contribution is 2.03. The van der Waals surface area contributed by atoms with Crippen LogP contribution in [0.5, 0.6) is 0 Å². The molecule has 1 atom stereocenters. The normalized spacial score (nSPS) is 12.2. The van der Waals surface area contributed by atoms with Crippen molar-refractivity contribution in [2.24, 2.45) is 12.8 Å². The molecular formula is C9H14N4O3. The minimum absolute atomic E-state index is 0.206. The maximum absolute atomic E-state index is 11.6. The quantitative estimate of drug-likeness (QED) is 0.568. The van der Waals surface area contributed by atoms with Crippen LogP contribution in [0.3, 0.4) is 0 Å². The van der Waals surface area contributed by atoms with Crippen LogP contribution in [0.2, 0.25) is 0 Å². The van der Waals surface area contributed by atoms with Crippen molar-refractivity contribution in [3.8, 4) is 0 Å². The number of aliphatic hydroxyl groups excluding tert-OH is 1. The third-order valence-electron chi connectivity index (χ3n) is 2.04. The predicted molar refractivity (Wildman–Crippen MR) is 55.5 cm³/mol. The Morgan fingerprint density at radius 1 is 1.69 bits per heavy atom. The molecule has 88 valence electrons. The Kier molecular flexibility index (Phi) is 3.62. The average Bonchev–Trinajstić information content (AvgIpc) is 2.53. The molecule has 0 saturated heterocycles. The topological polar surface area (TPSA) is 110 Å². The first-order chi connectivity index (χ1) is 7.41. The van der Waals surface area contributed by atoms with Crippen LogP contribution in [0.4, 0.5) is 0 Å². The summed E-state index contributed by atoms with van der Waals surface area (Å²) in [5, 5.41) is 15.5. The van der Waals surface area contributed by atoms with Crippen molar-refractivity contribution in [3.63, 3.8) is 0 Å². The van der Waals surface area contributed by atoms with Crippen LogP contribution in [-0.4, -0.2) is 39.4 Å². The van der Waals surface area contributed by atoms with Crippen LogP contribution in [0.25, 0.3) is 0 Å². The Bertz CT molecular complexity index is 413. The maximum atomic E-state index is 11.6. The van der Waals surface area contributed by atoms with E-state index >= 15 is 0 Å². The van der Waals surface area contributed by atoms with Gasteiger partial charge in [0, 0.05) is 13.2 Å². The Morgan fingerprint density at radius 2 is 2.31 bits per heavy atom. The summed E-state index contributed by atoms with van der Waals surface area (Å²) in [7, 11) is 1.70. The highest BCUT2D eigenvalue weighted by atomic mass is 16.3. The Balaban J connectivity index is 2.60. The second-order valence-electron chi connectivity index (χ2n) is 3.43. The number of aliphatic hydroxyl groups is 1. The number of hydrogen-bond acceptors (Lipinski definition) is 4. The lowest BCUT2D eigenvalue weighted by Crippen LogP contribution is -2.40. The van der Waals surface area contributed by atoms with Crippen molar-refractivity contribution in [3.05, 3.63) is 17.5 Å². The summed E-state index contributed by atoms with van der Waals surface area (Å²) in [6, 6.07) is 0. The van der Waals surface area contributed by atoms with Gasteiger partial charge in [0.25, 0.3) is 5.91 Å². The molecule has 1 heterocycles. The summed E-state index contributed by atoms with van der Waals surface area (Å²) in [4.78, 5) is 22.1. The highest BCUT2D eigenvalue weighted by Gasteiger charge is 2.15. The third kappa shape index (κ3) is 2.80. The number of carbonyl (C=O) groups is 2. The summed E-state index contributed by atoms with van der Waals surface area (Å²) in [6.07, 6.45) is 0.183. The van der Waals surface area contributed by atoms with E-state index in [9.17, 15) is 9.59 Å². The van der Waals surface area contributed by atoms with Crippen molar-refractivity contribution in [1.82, 2.24) is 15.1 Å². The molecule has 0 saturated carbocycles. The fourth-order valence-electron chi connectivity index (χ4n) is 1.21. The number of amides is 2. The molecule has 4 N–H and O–H groups in total. The lowest BCUT2D eigenvalue weighted by atomic mass is 10.2. The van der Waals surface area contributed by atoms with Crippen molar-refractivity contribution >= 4 is 11.8 Å². The molecule has 0 aliphatic heterocycles. The molecule has 0 aliphatic carbocycles. The number of nitrogens with zero attached hydrogens (tertiary/aromatic N) is 2. The van der Waals surface area contributed by atoms with Gasteiger partial charge in [-0.15, -0.1) is 0 Å². The van der Waals surface area contributed by atoms with Gasteiger partial charge < -0.3 is 16.2 Å². The van der Waals surface area contributed by atoms with Gasteiger partial charge in [-0.05, 0) is 6.92 Å². The number of nitrogens with one attached hydrogen (secondary N) is 1. The Hall–Kier alpha value is -1.89. The second kappa shape index (κ2) is 4.75. The fraction of sp³-hybridized carbons (Fsp3) is 0.444. The van der Waals surface area contributed by atoms with Crippen molar-refractivity contribution in [1.29, 1.82) is 0 Å². The van der Waals surface area contributed by atoms with E-state index in [0.717, 1.165) is 0 Å². The maximum Gasteiger partial charge on any atom is 0.254 e. The van der Waals surface area contributed by atoms with Crippen LogP contribution in [0.15, 0.2) is 6.20 Å². The highest BCUT2D eigenvalue weighted by molar-refractivity contribution is 5.95. The first-order valence-electron chi connectivity index (χ1n) is 4.67. The molecule has 0 spiro atoms. The van der Waals surface area contributed by atoms with Crippen LogP contribution in [0.1, 0.15) is 16.1 Å². The first-order valence-corrected chi connectivity index (χ1v) is 4.67. The standard InChI is InChI=1S/C9H14N4O3/c1-5-6(4-13(2)12-5)9(16)11-3-7(14)8(10)15/h4,7,14H,3H2,1-2H3,(H2,10,15)(H,11,16). The van der Waals surface area contributed by atoms with Gasteiger partial charge in [0.1, 0.15) is 6.10 Å². The van der Waals surface area contributed by atoms with Gasteiger partial charge in [0.15, 0.2) is 0 Å². The van der Waals surface area contributed by atoms with E-state index in [0.29, 0.717) is 11.3 Å². The number of primary amides is 1. The molecule has 7 nitrogen and oxygen atoms in total. The van der Waals surface area contributed by atoms with Gasteiger partial charge in [-0.3, -0.25) is 14.3 Å². The Morgan fingerprint density at radius 3 is 2.75 bits per heavy atom. The summed E-state index contributed by atoms with van der Waals surface area (Å²) in [5.74, 6) is -1.27. The molecule has 1 aromatic rings. The Labute approximate surface area is 92.2 Å². The lowest BCUT2D eigenvalue weighted by molar-refractivity contribution is -0.125. The number of aryl methyl sites for hydroxylation is 2. The largest absolute Gasteiger partial charge is 0.381 e. The van der Waals surface area contributed by atoms with E-state index in [1.54, 1.807) is 20.2 Å². The molecule has 16 heavy (non-hydrogen) atoms. The van der Waals surface area contributed by atoms with Crippen LogP contribution in [0, 0.1) is 6.92 Å². The van der Waals surface area contributed by atoms with Gasteiger partial charge in [-0.2, -0.15) is 5.10 Å². The molecule has 1 rings (SSSR count). The molecule has 1 unspecified atom stereocenters. The molecule has 2 amide bonds. The summed E-state index contributed by atoms with van der Waals surface area (Å²) >= 11 is 0. The second-order valence-corrected chi connectivity index (χ2v) is 3.43. The fourth-order valence-corrected chi connectivity index (χ4v) is 1.21. The first kappa shape index (κ1) is 12.2. The summed E-state index contributed by atoms with van der Waals surface area (Å²) in [6.45, 7) is 1.49. The molecule has 0 aliphatic rings. The van der Waals surface area contributed by atoms with Crippen molar-refractivity contribution < 1.29 is 14.7 Å². The number of hydrogen-bond donors (Lipinski definition) is 3. The molecular weight excluding hydrogens is 212 g/mol. The van der Waals surface area contributed by atoms with Crippen LogP contribution >= 0.6 is 0 Å². The molecule has 7 heteroatoms. The molecule has 0 bridgehead atoms. The summed E-state index contributed by atoms with van der Waals surface area (Å²) < 4.78 is 1.51. The molecule has 0 aromatic carbocycles. The number of aromatic nitrogens is 2. The predicted octanol–water partition coefficient (Wildman–Crippen LogP) is -1.70. The van der Waals surface area contributed by atoms with Gasteiger partial charge in [-0.25, -0.2) is 0 Å². The van der Waals surface area contributed by atoms with Gasteiger partial charge in [0.05, 0.1) is 17.8 Å². The minimum atomic E-state index is -1.37. The zero-order valence-corrected chi connectivity index (χ0v) is 9.10. The zero-order valence-electron chi connectivity index (χ0n) is 9.10. The average molecular weight is 226 g/mol. The number of carbonyl (C=O) groups excluding carboxylic acids is 2. The number of rotatable bonds is 4. The smallest absolute Gasteiger partial charge is 0.254 e. The van der Waals surface area contributed by atoms with E-state index in [2.05, 4.69) is 10.4 Å². The SMILES string of the molecule is Cc1nn(C)cc1C(=O)NCC(O)C(N)=O. The van der Waals surface area contributed by atoms with E-state index in [1.807, 2.05) is 0 Å². The minimum Gasteiger partial charge on any atom is -0.381 e. The molecule has 1 aromatic heterocycles. The van der Waals surface area contributed by atoms with Gasteiger partial charge in [0.2, 0.25) is 5.91 Å². The van der Waals surface area contributed by atoms with Crippen molar-refractivity contribution in [2.45, 2.75) is 13.0 Å². The molecule has 0 fully saturated rings. The van der Waals surface area contributed by atoms with Gasteiger partial charge >= 0.3 is 0 Å².